The number of nitrogens with one attached hydrogen (secondary N) is 1. The number of fused-ring (bicyclic) bond motifs is 1. The summed E-state index contributed by atoms with van der Waals surface area (Å²) < 4.78 is 20.6. The van der Waals surface area contributed by atoms with Crippen molar-refractivity contribution in [3.8, 4) is 0 Å². The van der Waals surface area contributed by atoms with Crippen molar-refractivity contribution in [2.24, 2.45) is 0 Å². The first kappa shape index (κ1) is 21.5. The van der Waals surface area contributed by atoms with E-state index in [2.05, 4.69) is 14.6 Å². The molecule has 1 fully saturated rings. The number of H-pyrrole nitrogens is 1. The number of benzene rings is 2. The Morgan fingerprint density at radius 3 is 2.61 bits per heavy atom. The lowest BCUT2D eigenvalue weighted by atomic mass is 10.0. The largest absolute Gasteiger partial charge is 0.465 e. The number of rotatable bonds is 5. The van der Waals surface area contributed by atoms with E-state index < -0.39 is 17.9 Å². The van der Waals surface area contributed by atoms with Gasteiger partial charge in [0.1, 0.15) is 5.82 Å². The molecule has 1 saturated heterocycles. The van der Waals surface area contributed by atoms with Crippen LogP contribution >= 0.6 is 11.6 Å². The predicted octanol–water partition coefficient (Wildman–Crippen LogP) is 3.28. The van der Waals surface area contributed by atoms with Crippen molar-refractivity contribution < 1.29 is 19.0 Å². The van der Waals surface area contributed by atoms with Gasteiger partial charge in [-0.25, -0.2) is 14.0 Å². The molecule has 1 unspecified atom stereocenters. The van der Waals surface area contributed by atoms with Crippen molar-refractivity contribution >= 4 is 28.6 Å². The van der Waals surface area contributed by atoms with Gasteiger partial charge in [0.15, 0.2) is 0 Å². The Morgan fingerprint density at radius 1 is 1.29 bits per heavy atom. The lowest BCUT2D eigenvalue weighted by Gasteiger charge is -2.33. The summed E-state index contributed by atoms with van der Waals surface area (Å²) in [4.78, 5) is 29.2. The predicted molar refractivity (Wildman–Crippen MR) is 115 cm³/mol. The monoisotopic (exact) mass is 447 g/mol. The number of aliphatic hydroxyl groups excluding tert-OH is 1. The highest BCUT2D eigenvalue weighted by Gasteiger charge is 2.26. The number of hydrogen-bond donors (Lipinski definition) is 2. The van der Waals surface area contributed by atoms with Crippen molar-refractivity contribution in [3.05, 3.63) is 68.8 Å². The zero-order valence-corrected chi connectivity index (χ0v) is 17.7. The molecule has 1 aliphatic heterocycles. The van der Waals surface area contributed by atoms with Crippen LogP contribution in [0.4, 0.5) is 4.39 Å². The molecule has 0 bridgehead atoms. The van der Waals surface area contributed by atoms with Crippen LogP contribution in [0.1, 0.15) is 40.9 Å². The fraction of sp³-hybridized carbons (Fsp3) is 0.364. The van der Waals surface area contributed by atoms with Crippen LogP contribution < -0.4 is 5.69 Å². The number of likely N-dealkylation sites (tertiary alicyclic amines) is 1. The van der Waals surface area contributed by atoms with Gasteiger partial charge in [-0.05, 0) is 36.6 Å². The van der Waals surface area contributed by atoms with Crippen LogP contribution in [0.25, 0.3) is 11.0 Å². The maximum Gasteiger partial charge on any atom is 0.340 e. The third-order valence-corrected chi connectivity index (χ3v) is 6.07. The molecule has 1 atom stereocenters. The van der Waals surface area contributed by atoms with Crippen LogP contribution in [0.15, 0.2) is 41.2 Å². The minimum Gasteiger partial charge on any atom is -0.465 e. The number of halogens is 2. The average molecular weight is 448 g/mol. The van der Waals surface area contributed by atoms with Gasteiger partial charge in [-0.3, -0.25) is 4.57 Å². The zero-order valence-electron chi connectivity index (χ0n) is 17.0. The van der Waals surface area contributed by atoms with Crippen LogP contribution in [0.2, 0.25) is 5.02 Å². The van der Waals surface area contributed by atoms with E-state index in [-0.39, 0.29) is 17.3 Å². The Balaban J connectivity index is 1.48. The van der Waals surface area contributed by atoms with Gasteiger partial charge in [-0.15, -0.1) is 0 Å². The van der Waals surface area contributed by atoms with E-state index in [1.807, 2.05) is 12.1 Å². The first-order valence-corrected chi connectivity index (χ1v) is 10.4. The van der Waals surface area contributed by atoms with Gasteiger partial charge in [0.2, 0.25) is 0 Å². The molecule has 0 aliphatic carbocycles. The highest BCUT2D eigenvalue weighted by atomic mass is 35.5. The minimum absolute atomic E-state index is 0.103. The molecule has 2 aromatic carbocycles. The molecule has 4 rings (SSSR count). The average Bonchev–Trinajstić information content (AvgIpc) is 3.08. The normalized spacial score (nSPS) is 16.5. The minimum atomic E-state index is -0.791. The van der Waals surface area contributed by atoms with Gasteiger partial charge in [-0.1, -0.05) is 23.7 Å². The van der Waals surface area contributed by atoms with Crippen molar-refractivity contribution in [2.75, 3.05) is 26.7 Å². The molecule has 9 heteroatoms. The quantitative estimate of drug-likeness (QED) is 0.586. The summed E-state index contributed by atoms with van der Waals surface area (Å²) in [5.74, 6) is -1.52. The van der Waals surface area contributed by atoms with Crippen LogP contribution in [0.5, 0.6) is 0 Å². The molecule has 31 heavy (non-hydrogen) atoms. The van der Waals surface area contributed by atoms with Gasteiger partial charge in [0.25, 0.3) is 0 Å². The molecule has 0 saturated carbocycles. The standard InChI is InChI=1S/C22H23ClFN3O4/c1-31-21(29)16-10-18-19(11-17(16)24)27(22(30)25-18)15-6-8-26(9-7-15)12-20(28)13-2-4-14(23)5-3-13/h2-5,10-11,15,20,28H,6-9,12H2,1H3,(H,25,30). The number of ether oxygens (including phenoxy) is 1. The van der Waals surface area contributed by atoms with Crippen LogP contribution in [-0.4, -0.2) is 52.3 Å². The Bertz CT molecular complexity index is 1150. The third kappa shape index (κ3) is 4.37. The SMILES string of the molecule is COC(=O)c1cc2[nH]c(=O)n(C3CCN(CC(O)c4ccc(Cl)cc4)CC3)c2cc1F. The second-order valence-corrected chi connectivity index (χ2v) is 8.18. The number of carbonyl (C=O) groups is 1. The number of esters is 1. The van der Waals surface area contributed by atoms with E-state index in [0.29, 0.717) is 48.5 Å². The molecule has 7 nitrogen and oxygen atoms in total. The molecule has 1 aromatic heterocycles. The number of nitrogens with zero attached hydrogens (tertiary/aromatic N) is 2. The lowest BCUT2D eigenvalue weighted by molar-refractivity contribution is 0.0595. The molecule has 2 heterocycles. The zero-order chi connectivity index (χ0) is 22.1. The summed E-state index contributed by atoms with van der Waals surface area (Å²) in [5, 5.41) is 11.1. The van der Waals surface area contributed by atoms with Crippen LogP contribution in [-0.2, 0) is 4.74 Å². The first-order chi connectivity index (χ1) is 14.9. The number of hydrogen-bond acceptors (Lipinski definition) is 5. The topological polar surface area (TPSA) is 87.6 Å². The van der Waals surface area contributed by atoms with E-state index in [4.69, 9.17) is 11.6 Å². The number of methoxy groups -OCH3 is 1. The molecular weight excluding hydrogens is 425 g/mol. The van der Waals surface area contributed by atoms with Crippen molar-refractivity contribution in [2.45, 2.75) is 25.0 Å². The number of aromatic amines is 1. The number of piperidine rings is 1. The van der Waals surface area contributed by atoms with E-state index in [0.717, 1.165) is 5.56 Å². The molecule has 0 spiro atoms. The number of β-amino-alcohol motifs (C(OH)–C–C–N with tert-alkyl or cyclic N) is 1. The van der Waals surface area contributed by atoms with Gasteiger partial charge in [0.05, 0.1) is 29.8 Å². The molecular formula is C22H23ClFN3O4. The van der Waals surface area contributed by atoms with Gasteiger partial charge in [-0.2, -0.15) is 0 Å². The number of imidazole rings is 1. The molecule has 3 aromatic rings. The Hall–Kier alpha value is -2.68. The molecule has 164 valence electrons. The fourth-order valence-electron chi connectivity index (χ4n) is 4.17. The van der Waals surface area contributed by atoms with Crippen molar-refractivity contribution in [1.29, 1.82) is 0 Å². The van der Waals surface area contributed by atoms with E-state index >= 15 is 0 Å². The second kappa shape index (κ2) is 8.82. The highest BCUT2D eigenvalue weighted by molar-refractivity contribution is 6.30. The Morgan fingerprint density at radius 2 is 1.97 bits per heavy atom. The molecule has 1 aliphatic rings. The molecule has 2 N–H and O–H groups in total. The highest BCUT2D eigenvalue weighted by Crippen LogP contribution is 2.28. The summed E-state index contributed by atoms with van der Waals surface area (Å²) in [7, 11) is 1.18. The van der Waals surface area contributed by atoms with Crippen LogP contribution in [0, 0.1) is 5.82 Å². The van der Waals surface area contributed by atoms with Gasteiger partial charge in [0, 0.05) is 36.8 Å². The lowest BCUT2D eigenvalue weighted by Crippen LogP contribution is -2.39. The smallest absolute Gasteiger partial charge is 0.340 e. The summed E-state index contributed by atoms with van der Waals surface area (Å²) in [6, 6.07) is 9.53. The van der Waals surface area contributed by atoms with E-state index in [9.17, 15) is 19.1 Å². The van der Waals surface area contributed by atoms with E-state index in [1.165, 1.54) is 19.2 Å². The second-order valence-electron chi connectivity index (χ2n) is 7.74. The van der Waals surface area contributed by atoms with Gasteiger partial charge >= 0.3 is 11.7 Å². The van der Waals surface area contributed by atoms with Crippen molar-refractivity contribution in [3.63, 3.8) is 0 Å². The third-order valence-electron chi connectivity index (χ3n) is 5.82. The Kier molecular flexibility index (Phi) is 6.13. The maximum atomic E-state index is 14.4. The molecule has 0 amide bonds. The summed E-state index contributed by atoms with van der Waals surface area (Å²) in [5.41, 5.74) is 1.07. The van der Waals surface area contributed by atoms with Crippen molar-refractivity contribution in [1.82, 2.24) is 14.5 Å². The fourth-order valence-corrected chi connectivity index (χ4v) is 4.30. The van der Waals surface area contributed by atoms with Crippen LogP contribution in [0.3, 0.4) is 0 Å². The van der Waals surface area contributed by atoms with E-state index in [1.54, 1.807) is 16.7 Å². The van der Waals surface area contributed by atoms with Gasteiger partial charge < -0.3 is 19.7 Å². The number of aliphatic hydroxyl groups is 1. The summed E-state index contributed by atoms with van der Waals surface area (Å²) in [6.07, 6.45) is 0.733. The summed E-state index contributed by atoms with van der Waals surface area (Å²) >= 11 is 5.90. The number of aromatic nitrogens is 2. The summed E-state index contributed by atoms with van der Waals surface area (Å²) in [6.45, 7) is 1.86. The number of carbonyl (C=O) groups excluding carboxylic acids is 1. The molecule has 0 radical (unpaired) electrons. The Labute approximate surface area is 183 Å². The maximum absolute atomic E-state index is 14.4. The first-order valence-electron chi connectivity index (χ1n) is 10.1.